The highest BCUT2D eigenvalue weighted by molar-refractivity contribution is 7.47. The van der Waals surface area contributed by atoms with Crippen molar-refractivity contribution in [2.24, 2.45) is 17.8 Å². The lowest BCUT2D eigenvalue weighted by molar-refractivity contribution is -0.161. The van der Waals surface area contributed by atoms with Crippen LogP contribution in [-0.2, 0) is 65.4 Å². The van der Waals surface area contributed by atoms with Gasteiger partial charge in [0.25, 0.3) is 0 Å². The zero-order chi connectivity index (χ0) is 75.8. The molecular weight excluding hydrogens is 1340 g/mol. The summed E-state index contributed by atoms with van der Waals surface area (Å²) in [6, 6.07) is 0. The fourth-order valence-electron chi connectivity index (χ4n) is 13.0. The minimum atomic E-state index is -4.96. The molecule has 0 rings (SSSR count). The summed E-state index contributed by atoms with van der Waals surface area (Å²) in [5.74, 6) is 0.244. The van der Waals surface area contributed by atoms with Crippen LogP contribution < -0.4 is 0 Å². The van der Waals surface area contributed by atoms with E-state index in [4.69, 9.17) is 37.0 Å². The molecule has 0 aromatic carbocycles. The number of unbranched alkanes of at least 4 members (excludes halogenated alkanes) is 48. The number of ether oxygens (including phenoxy) is 4. The molecule has 0 saturated carbocycles. The van der Waals surface area contributed by atoms with Gasteiger partial charge in [-0.05, 0) is 43.4 Å². The number of rotatable bonds is 82. The van der Waals surface area contributed by atoms with E-state index in [-0.39, 0.29) is 25.7 Å². The number of carbonyl (C=O) groups excluding carboxylic acids is 4. The van der Waals surface area contributed by atoms with E-state index in [1.54, 1.807) is 0 Å². The van der Waals surface area contributed by atoms with Crippen LogP contribution in [0.4, 0.5) is 0 Å². The Morgan fingerprint density at radius 1 is 0.282 bits per heavy atom. The molecule has 0 aliphatic heterocycles. The molecule has 0 aromatic rings. The molecule has 0 fully saturated rings. The normalized spacial score (nSPS) is 14.4. The fourth-order valence-corrected chi connectivity index (χ4v) is 14.5. The number of aliphatic hydroxyl groups excluding tert-OH is 1. The third-order valence-corrected chi connectivity index (χ3v) is 22.3. The molecule has 0 bridgehead atoms. The second kappa shape index (κ2) is 74.2. The van der Waals surface area contributed by atoms with Gasteiger partial charge in [0.15, 0.2) is 12.2 Å². The Hall–Kier alpha value is -1.94. The predicted molar refractivity (Wildman–Crippen MR) is 423 cm³/mol. The van der Waals surface area contributed by atoms with E-state index in [0.717, 1.165) is 114 Å². The van der Waals surface area contributed by atoms with E-state index in [9.17, 15) is 43.2 Å². The van der Waals surface area contributed by atoms with Crippen molar-refractivity contribution in [3.8, 4) is 0 Å². The van der Waals surface area contributed by atoms with Crippen molar-refractivity contribution in [3.63, 3.8) is 0 Å². The third kappa shape index (κ3) is 75.3. The smallest absolute Gasteiger partial charge is 0.462 e. The van der Waals surface area contributed by atoms with Crippen LogP contribution in [-0.4, -0.2) is 96.7 Å². The Morgan fingerprint density at radius 3 is 0.738 bits per heavy atom. The first-order valence-electron chi connectivity index (χ1n) is 43.4. The minimum Gasteiger partial charge on any atom is -0.462 e. The average molecular weight is 1510 g/mol. The quantitative estimate of drug-likeness (QED) is 0.0222. The van der Waals surface area contributed by atoms with E-state index in [1.165, 1.54) is 244 Å². The van der Waals surface area contributed by atoms with Gasteiger partial charge >= 0.3 is 39.5 Å². The van der Waals surface area contributed by atoms with Gasteiger partial charge in [-0.1, -0.05) is 389 Å². The standard InChI is InChI=1S/C84H164O17P2/c1-8-11-12-13-14-15-16-17-18-19-23-26-29-32-38-43-51-58-65-81(86)94-71-79(100-83(88)67-60-53-44-39-33-30-27-24-21-20-22-25-28-31-37-42-49-56-63-76(6)9-2)73-98-102(90,91)96-69-78(85)70-97-103(92,93)99-74-80(72-95-82(87)66-59-52-47-46-50-57-64-77(7)10-3)101-84(89)68-61-54-45-40-35-34-36-41-48-55-62-75(4)5/h75-80,85H,8-74H2,1-7H3,(H,90,91)(H,92,93)/t76?,77?,78-,79-,80-/m1/s1. The van der Waals surface area contributed by atoms with E-state index in [0.29, 0.717) is 25.7 Å². The van der Waals surface area contributed by atoms with Gasteiger partial charge in [-0.3, -0.25) is 37.3 Å². The second-order valence-corrected chi connectivity index (χ2v) is 34.1. The first-order chi connectivity index (χ1) is 49.8. The number of aliphatic hydroxyl groups is 1. The van der Waals surface area contributed by atoms with E-state index < -0.39 is 97.5 Å². The van der Waals surface area contributed by atoms with Crippen LogP contribution in [0.1, 0.15) is 440 Å². The molecular formula is C84H164O17P2. The maximum absolute atomic E-state index is 13.1. The zero-order valence-electron chi connectivity index (χ0n) is 67.8. The first kappa shape index (κ1) is 101. The second-order valence-electron chi connectivity index (χ2n) is 31.2. The van der Waals surface area contributed by atoms with Crippen molar-refractivity contribution in [1.82, 2.24) is 0 Å². The maximum Gasteiger partial charge on any atom is 0.472 e. The summed E-state index contributed by atoms with van der Waals surface area (Å²) in [6.45, 7) is 12.0. The monoisotopic (exact) mass is 1510 g/mol. The van der Waals surface area contributed by atoms with Crippen molar-refractivity contribution in [3.05, 3.63) is 0 Å². The molecule has 0 amide bonds. The molecule has 0 heterocycles. The van der Waals surface area contributed by atoms with Crippen LogP contribution in [0, 0.1) is 17.8 Å². The molecule has 0 radical (unpaired) electrons. The van der Waals surface area contributed by atoms with Crippen molar-refractivity contribution >= 4 is 39.5 Å². The fraction of sp³-hybridized carbons (Fsp3) is 0.952. The number of phosphoric ester groups is 2. The third-order valence-electron chi connectivity index (χ3n) is 20.4. The maximum atomic E-state index is 13.1. The minimum absolute atomic E-state index is 0.105. The molecule has 3 N–H and O–H groups in total. The lowest BCUT2D eigenvalue weighted by Gasteiger charge is -2.21. The molecule has 17 nitrogen and oxygen atoms in total. The van der Waals surface area contributed by atoms with Gasteiger partial charge in [-0.15, -0.1) is 0 Å². The van der Waals surface area contributed by atoms with Gasteiger partial charge in [-0.2, -0.15) is 0 Å². The summed E-state index contributed by atoms with van der Waals surface area (Å²) in [5, 5.41) is 10.7. The summed E-state index contributed by atoms with van der Waals surface area (Å²) in [6.07, 6.45) is 63.9. The van der Waals surface area contributed by atoms with Crippen molar-refractivity contribution in [2.45, 2.75) is 458 Å². The van der Waals surface area contributed by atoms with Crippen molar-refractivity contribution < 1.29 is 80.2 Å². The Kier molecular flexibility index (Phi) is 72.8. The van der Waals surface area contributed by atoms with Crippen LogP contribution >= 0.6 is 15.6 Å². The number of carbonyl (C=O) groups is 4. The lowest BCUT2D eigenvalue weighted by atomic mass is 9.99. The topological polar surface area (TPSA) is 237 Å². The summed E-state index contributed by atoms with van der Waals surface area (Å²) in [5.41, 5.74) is 0. The summed E-state index contributed by atoms with van der Waals surface area (Å²) >= 11 is 0. The van der Waals surface area contributed by atoms with Gasteiger partial charge < -0.3 is 33.8 Å². The molecule has 0 spiro atoms. The Morgan fingerprint density at radius 2 is 0.495 bits per heavy atom. The van der Waals surface area contributed by atoms with Crippen LogP contribution in [0.25, 0.3) is 0 Å². The van der Waals surface area contributed by atoms with Crippen LogP contribution in [0.15, 0.2) is 0 Å². The molecule has 0 aromatic heterocycles. The Bertz CT molecular complexity index is 2000. The van der Waals surface area contributed by atoms with E-state index in [1.807, 2.05) is 0 Å². The average Bonchev–Trinajstić information content (AvgIpc) is 0.913. The van der Waals surface area contributed by atoms with E-state index in [2.05, 4.69) is 48.5 Å². The molecule has 0 saturated heterocycles. The highest BCUT2D eigenvalue weighted by Crippen LogP contribution is 2.45. The van der Waals surface area contributed by atoms with E-state index >= 15 is 0 Å². The molecule has 7 atom stereocenters. The van der Waals surface area contributed by atoms with Crippen LogP contribution in [0.2, 0.25) is 0 Å². The number of hydrogen-bond donors (Lipinski definition) is 3. The molecule has 103 heavy (non-hydrogen) atoms. The van der Waals surface area contributed by atoms with Gasteiger partial charge in [0.1, 0.15) is 19.3 Å². The number of hydrogen-bond acceptors (Lipinski definition) is 15. The summed E-state index contributed by atoms with van der Waals surface area (Å²) in [4.78, 5) is 73.1. The summed E-state index contributed by atoms with van der Waals surface area (Å²) in [7, 11) is -9.92. The molecule has 19 heteroatoms. The summed E-state index contributed by atoms with van der Waals surface area (Å²) < 4.78 is 68.8. The van der Waals surface area contributed by atoms with Crippen molar-refractivity contribution in [2.75, 3.05) is 39.6 Å². The first-order valence-corrected chi connectivity index (χ1v) is 46.4. The number of esters is 4. The van der Waals surface area contributed by atoms with Crippen LogP contribution in [0.5, 0.6) is 0 Å². The van der Waals surface area contributed by atoms with Gasteiger partial charge in [-0.25, -0.2) is 9.13 Å². The predicted octanol–water partition coefficient (Wildman–Crippen LogP) is 25.3. The molecule has 0 aliphatic rings. The SMILES string of the molecule is CCCCCCCCCCCCCCCCCCCCC(=O)OC[C@H](COP(=O)(O)OC[C@@H](O)COP(=O)(O)OC[C@@H](COC(=O)CCCCCCCCC(C)CC)OC(=O)CCCCCCCCCCCCC(C)C)OC(=O)CCCCCCCCCCCCCCCCCCCCC(C)CC. The van der Waals surface area contributed by atoms with Gasteiger partial charge in [0, 0.05) is 25.7 Å². The van der Waals surface area contributed by atoms with Gasteiger partial charge in [0.2, 0.25) is 0 Å². The molecule has 612 valence electrons. The Labute approximate surface area is 632 Å². The Balaban J connectivity index is 5.22. The van der Waals surface area contributed by atoms with Crippen LogP contribution in [0.3, 0.4) is 0 Å². The molecule has 4 unspecified atom stereocenters. The highest BCUT2D eigenvalue weighted by Gasteiger charge is 2.30. The van der Waals surface area contributed by atoms with Gasteiger partial charge in [0.05, 0.1) is 26.4 Å². The highest BCUT2D eigenvalue weighted by atomic mass is 31.2. The lowest BCUT2D eigenvalue weighted by Crippen LogP contribution is -2.30. The molecule has 0 aliphatic carbocycles. The largest absolute Gasteiger partial charge is 0.472 e. The van der Waals surface area contributed by atoms with Crippen molar-refractivity contribution in [1.29, 1.82) is 0 Å². The zero-order valence-corrected chi connectivity index (χ0v) is 69.6. The number of phosphoric acid groups is 2.